The number of benzene rings is 1. The van der Waals surface area contributed by atoms with Gasteiger partial charge in [0.05, 0.1) is 17.2 Å². The Labute approximate surface area is 110 Å². The zero-order valence-electron chi connectivity index (χ0n) is 11.8. The molecule has 2 heteroatoms. The predicted molar refractivity (Wildman–Crippen MR) is 76.5 cm³/mol. The quantitative estimate of drug-likeness (QED) is 0.742. The lowest BCUT2D eigenvalue weighted by Gasteiger charge is -2.46. The second-order valence-corrected chi connectivity index (χ2v) is 5.79. The fourth-order valence-corrected chi connectivity index (χ4v) is 3.06. The van der Waals surface area contributed by atoms with Gasteiger partial charge in [0.25, 0.3) is 0 Å². The van der Waals surface area contributed by atoms with Crippen molar-refractivity contribution < 1.29 is 0 Å². The number of fused-ring (bicyclic) bond motifs is 1. The van der Waals surface area contributed by atoms with E-state index in [0.717, 1.165) is 5.56 Å². The number of allylic oxidation sites excluding steroid dienone is 1. The summed E-state index contributed by atoms with van der Waals surface area (Å²) < 4.78 is 0. The Morgan fingerprint density at radius 1 is 1.28 bits per heavy atom. The Morgan fingerprint density at radius 3 is 2.50 bits per heavy atom. The van der Waals surface area contributed by atoms with Gasteiger partial charge in [-0.1, -0.05) is 6.08 Å². The third-order valence-electron chi connectivity index (χ3n) is 3.52. The molecule has 0 aromatic heterocycles. The SMILES string of the molecule is CC1=CC(C)(C)N(C(C)C)c2ccc(C#N)cc21. The second-order valence-electron chi connectivity index (χ2n) is 5.79. The van der Waals surface area contributed by atoms with Gasteiger partial charge >= 0.3 is 0 Å². The molecule has 1 aliphatic rings. The van der Waals surface area contributed by atoms with Crippen LogP contribution in [0.5, 0.6) is 0 Å². The highest BCUT2D eigenvalue weighted by Gasteiger charge is 2.32. The molecule has 1 heterocycles. The molecule has 2 nitrogen and oxygen atoms in total. The molecule has 0 spiro atoms. The van der Waals surface area contributed by atoms with Crippen LogP contribution in [0.3, 0.4) is 0 Å². The summed E-state index contributed by atoms with van der Waals surface area (Å²) in [5.41, 5.74) is 4.41. The van der Waals surface area contributed by atoms with E-state index < -0.39 is 0 Å². The van der Waals surface area contributed by atoms with Crippen molar-refractivity contribution in [3.8, 4) is 6.07 Å². The van der Waals surface area contributed by atoms with E-state index in [-0.39, 0.29) is 5.54 Å². The second kappa shape index (κ2) is 4.17. The molecule has 1 aromatic rings. The molecule has 0 bridgehead atoms. The van der Waals surface area contributed by atoms with Crippen LogP contribution in [0, 0.1) is 11.3 Å². The third kappa shape index (κ3) is 1.90. The zero-order chi connectivity index (χ0) is 13.5. The van der Waals surface area contributed by atoms with Crippen LogP contribution in [0.2, 0.25) is 0 Å². The first-order chi connectivity index (χ1) is 8.36. The van der Waals surface area contributed by atoms with Gasteiger partial charge in [0.2, 0.25) is 0 Å². The zero-order valence-corrected chi connectivity index (χ0v) is 11.8. The molecule has 0 saturated carbocycles. The molecule has 2 rings (SSSR count). The summed E-state index contributed by atoms with van der Waals surface area (Å²) in [4.78, 5) is 2.41. The molecular formula is C16H20N2. The van der Waals surface area contributed by atoms with Gasteiger partial charge in [0.15, 0.2) is 0 Å². The molecule has 18 heavy (non-hydrogen) atoms. The average Bonchev–Trinajstić information content (AvgIpc) is 2.26. The van der Waals surface area contributed by atoms with Gasteiger partial charge in [-0.3, -0.25) is 0 Å². The van der Waals surface area contributed by atoms with Gasteiger partial charge in [-0.2, -0.15) is 5.26 Å². The minimum Gasteiger partial charge on any atom is -0.360 e. The maximum absolute atomic E-state index is 9.02. The Hall–Kier alpha value is -1.75. The number of hydrogen-bond donors (Lipinski definition) is 0. The number of nitriles is 1. The number of hydrogen-bond acceptors (Lipinski definition) is 2. The van der Waals surface area contributed by atoms with Crippen molar-refractivity contribution in [3.63, 3.8) is 0 Å². The van der Waals surface area contributed by atoms with Crippen molar-refractivity contribution >= 4 is 11.3 Å². The summed E-state index contributed by atoms with van der Waals surface area (Å²) in [6.45, 7) is 11.0. The van der Waals surface area contributed by atoms with Crippen LogP contribution >= 0.6 is 0 Å². The highest BCUT2D eigenvalue weighted by molar-refractivity contribution is 5.82. The molecule has 0 aliphatic carbocycles. The minimum atomic E-state index is 0.0133. The molecule has 0 atom stereocenters. The maximum Gasteiger partial charge on any atom is 0.0991 e. The van der Waals surface area contributed by atoms with Crippen LogP contribution < -0.4 is 4.90 Å². The van der Waals surface area contributed by atoms with E-state index in [2.05, 4.69) is 57.7 Å². The Morgan fingerprint density at radius 2 is 1.94 bits per heavy atom. The predicted octanol–water partition coefficient (Wildman–Crippen LogP) is 3.97. The van der Waals surface area contributed by atoms with Crippen molar-refractivity contribution in [2.24, 2.45) is 0 Å². The van der Waals surface area contributed by atoms with E-state index >= 15 is 0 Å². The first-order valence-electron chi connectivity index (χ1n) is 6.40. The molecule has 0 unspecified atom stereocenters. The summed E-state index contributed by atoms with van der Waals surface area (Å²) in [5.74, 6) is 0. The molecule has 1 aromatic carbocycles. The summed E-state index contributed by atoms with van der Waals surface area (Å²) in [5, 5.41) is 9.02. The summed E-state index contributed by atoms with van der Waals surface area (Å²) in [6, 6.07) is 8.62. The van der Waals surface area contributed by atoms with Gasteiger partial charge in [0, 0.05) is 17.3 Å². The van der Waals surface area contributed by atoms with Crippen molar-refractivity contribution in [3.05, 3.63) is 35.4 Å². The van der Waals surface area contributed by atoms with Crippen molar-refractivity contribution in [1.29, 1.82) is 5.26 Å². The van der Waals surface area contributed by atoms with Crippen molar-refractivity contribution in [2.75, 3.05) is 4.90 Å². The highest BCUT2D eigenvalue weighted by atomic mass is 15.2. The minimum absolute atomic E-state index is 0.0133. The first kappa shape index (κ1) is 12.7. The van der Waals surface area contributed by atoms with Gasteiger partial charge < -0.3 is 4.90 Å². The van der Waals surface area contributed by atoms with Gasteiger partial charge in [-0.05, 0) is 58.4 Å². The lowest BCUT2D eigenvalue weighted by atomic mass is 9.87. The lowest BCUT2D eigenvalue weighted by Crippen LogP contribution is -2.49. The molecule has 0 radical (unpaired) electrons. The summed E-state index contributed by atoms with van der Waals surface area (Å²) >= 11 is 0. The lowest BCUT2D eigenvalue weighted by molar-refractivity contribution is 0.507. The number of anilines is 1. The fourth-order valence-electron chi connectivity index (χ4n) is 3.06. The van der Waals surface area contributed by atoms with Crippen molar-refractivity contribution in [2.45, 2.75) is 46.2 Å². The highest BCUT2D eigenvalue weighted by Crippen LogP contribution is 2.40. The molecule has 1 aliphatic heterocycles. The van der Waals surface area contributed by atoms with E-state index in [1.807, 2.05) is 12.1 Å². The smallest absolute Gasteiger partial charge is 0.0991 e. The van der Waals surface area contributed by atoms with Crippen molar-refractivity contribution in [1.82, 2.24) is 0 Å². The van der Waals surface area contributed by atoms with Crippen LogP contribution in [0.4, 0.5) is 5.69 Å². The first-order valence-corrected chi connectivity index (χ1v) is 6.40. The molecule has 0 amide bonds. The number of nitrogens with zero attached hydrogens (tertiary/aromatic N) is 2. The fraction of sp³-hybridized carbons (Fsp3) is 0.438. The van der Waals surface area contributed by atoms with Gasteiger partial charge in [-0.25, -0.2) is 0 Å². The maximum atomic E-state index is 9.02. The van der Waals surface area contributed by atoms with E-state index in [0.29, 0.717) is 6.04 Å². The molecule has 0 fully saturated rings. The van der Waals surface area contributed by atoms with Crippen LogP contribution in [-0.2, 0) is 0 Å². The van der Waals surface area contributed by atoms with Crippen LogP contribution in [-0.4, -0.2) is 11.6 Å². The van der Waals surface area contributed by atoms with Crippen LogP contribution in [0.25, 0.3) is 5.57 Å². The summed E-state index contributed by atoms with van der Waals surface area (Å²) in [6.07, 6.45) is 2.29. The molecule has 0 N–H and O–H groups in total. The van der Waals surface area contributed by atoms with E-state index in [1.54, 1.807) is 0 Å². The van der Waals surface area contributed by atoms with Crippen LogP contribution in [0.1, 0.15) is 45.7 Å². The molecule has 94 valence electrons. The average molecular weight is 240 g/mol. The largest absolute Gasteiger partial charge is 0.360 e. The Bertz CT molecular complexity index is 545. The molecular weight excluding hydrogens is 220 g/mol. The van der Waals surface area contributed by atoms with E-state index in [4.69, 9.17) is 5.26 Å². The monoisotopic (exact) mass is 240 g/mol. The summed E-state index contributed by atoms with van der Waals surface area (Å²) in [7, 11) is 0. The van der Waals surface area contributed by atoms with Crippen LogP contribution in [0.15, 0.2) is 24.3 Å². The van der Waals surface area contributed by atoms with Gasteiger partial charge in [0.1, 0.15) is 0 Å². The van der Waals surface area contributed by atoms with E-state index in [1.165, 1.54) is 16.8 Å². The number of rotatable bonds is 1. The third-order valence-corrected chi connectivity index (χ3v) is 3.52. The van der Waals surface area contributed by atoms with Gasteiger partial charge in [-0.15, -0.1) is 0 Å². The topological polar surface area (TPSA) is 27.0 Å². The Balaban J connectivity index is 2.66. The molecule has 0 saturated heterocycles. The normalized spacial score (nSPS) is 17.2. The van der Waals surface area contributed by atoms with E-state index in [9.17, 15) is 0 Å². The Kier molecular flexibility index (Phi) is 2.94. The standard InChI is InChI=1S/C16H20N2/c1-11(2)18-15-7-6-13(10-17)8-14(15)12(3)9-16(18,4)5/h6-9,11H,1-5H3.